The van der Waals surface area contributed by atoms with Crippen LogP contribution in [0.4, 0.5) is 0 Å². The second-order valence-electron chi connectivity index (χ2n) is 5.74. The Morgan fingerprint density at radius 1 is 1.22 bits per heavy atom. The largest absolute Gasteiger partial charge is 0.313 e. The highest BCUT2D eigenvalue weighted by Crippen LogP contribution is 2.29. The maximum atomic E-state index is 3.74. The van der Waals surface area contributed by atoms with E-state index in [1.54, 1.807) is 0 Å². The molecule has 1 unspecified atom stereocenters. The first-order valence-corrected chi connectivity index (χ1v) is 8.29. The Bertz CT molecular complexity index is 337. The number of thiophene rings is 1. The second-order valence-corrected chi connectivity index (χ2v) is 6.77. The van der Waals surface area contributed by atoms with Crippen molar-refractivity contribution in [2.45, 2.75) is 57.2 Å². The summed E-state index contributed by atoms with van der Waals surface area (Å²) in [6.07, 6.45) is 8.39. The fraction of sp³-hybridized carbons (Fsp3) is 0.733. The van der Waals surface area contributed by atoms with Crippen molar-refractivity contribution in [1.82, 2.24) is 10.2 Å². The van der Waals surface area contributed by atoms with Crippen LogP contribution in [-0.2, 0) is 6.54 Å². The molecular formula is C15H24N2S. The van der Waals surface area contributed by atoms with Crippen LogP contribution >= 0.6 is 11.3 Å². The minimum absolute atomic E-state index is 0.730. The third-order valence-corrected chi connectivity index (χ3v) is 4.98. The summed E-state index contributed by atoms with van der Waals surface area (Å²) in [6, 6.07) is 6.06. The molecule has 2 aliphatic rings. The molecule has 2 fully saturated rings. The summed E-state index contributed by atoms with van der Waals surface area (Å²) in [5.74, 6) is 0. The van der Waals surface area contributed by atoms with Crippen molar-refractivity contribution < 1.29 is 0 Å². The van der Waals surface area contributed by atoms with E-state index in [1.807, 2.05) is 11.3 Å². The summed E-state index contributed by atoms with van der Waals surface area (Å²) in [5, 5.41) is 5.93. The molecule has 1 aromatic heterocycles. The molecule has 18 heavy (non-hydrogen) atoms. The van der Waals surface area contributed by atoms with Gasteiger partial charge in [-0.1, -0.05) is 18.9 Å². The van der Waals surface area contributed by atoms with Crippen LogP contribution in [0, 0.1) is 0 Å². The smallest absolute Gasteiger partial charge is 0.0331 e. The molecule has 1 aliphatic heterocycles. The van der Waals surface area contributed by atoms with Crippen LogP contribution in [0.3, 0.4) is 0 Å². The van der Waals surface area contributed by atoms with Gasteiger partial charge in [-0.15, -0.1) is 11.3 Å². The summed E-state index contributed by atoms with van der Waals surface area (Å²) in [5.41, 5.74) is 0. The van der Waals surface area contributed by atoms with Crippen molar-refractivity contribution in [2.75, 3.05) is 13.1 Å². The average molecular weight is 264 g/mol. The highest BCUT2D eigenvalue weighted by molar-refractivity contribution is 7.09. The van der Waals surface area contributed by atoms with Crippen LogP contribution in [0.25, 0.3) is 0 Å². The lowest BCUT2D eigenvalue weighted by Crippen LogP contribution is -2.41. The van der Waals surface area contributed by atoms with E-state index >= 15 is 0 Å². The van der Waals surface area contributed by atoms with E-state index in [4.69, 9.17) is 0 Å². The summed E-state index contributed by atoms with van der Waals surface area (Å²) in [4.78, 5) is 4.24. The van der Waals surface area contributed by atoms with Crippen LogP contribution in [-0.4, -0.2) is 30.1 Å². The maximum Gasteiger partial charge on any atom is 0.0331 e. The predicted molar refractivity (Wildman–Crippen MR) is 78.0 cm³/mol. The molecule has 1 atom stereocenters. The molecule has 0 amide bonds. The molecule has 1 aliphatic carbocycles. The zero-order valence-corrected chi connectivity index (χ0v) is 11.9. The van der Waals surface area contributed by atoms with Crippen molar-refractivity contribution in [1.29, 1.82) is 0 Å². The number of rotatable bonds is 5. The van der Waals surface area contributed by atoms with E-state index in [2.05, 4.69) is 27.7 Å². The van der Waals surface area contributed by atoms with E-state index in [9.17, 15) is 0 Å². The van der Waals surface area contributed by atoms with Crippen LogP contribution in [0.5, 0.6) is 0 Å². The van der Waals surface area contributed by atoms with Gasteiger partial charge in [-0.05, 0) is 43.7 Å². The first-order chi connectivity index (χ1) is 8.92. The number of hydrogen-bond donors (Lipinski definition) is 1. The standard InChI is InChI=1S/C15H24N2S/c1-2-5-13(16-9-3-1)11-17(14-7-8-14)12-15-6-4-10-18-15/h4,6,10,13-14,16H,1-3,5,7-9,11-12H2. The van der Waals surface area contributed by atoms with Crippen LogP contribution in [0.1, 0.15) is 43.4 Å². The minimum atomic E-state index is 0.730. The molecule has 2 heterocycles. The minimum Gasteiger partial charge on any atom is -0.313 e. The molecule has 100 valence electrons. The second kappa shape index (κ2) is 6.18. The number of hydrogen-bond acceptors (Lipinski definition) is 3. The van der Waals surface area contributed by atoms with Gasteiger partial charge < -0.3 is 5.32 Å². The van der Waals surface area contributed by atoms with E-state index in [1.165, 1.54) is 63.0 Å². The van der Waals surface area contributed by atoms with E-state index < -0.39 is 0 Å². The lowest BCUT2D eigenvalue weighted by molar-refractivity contribution is 0.223. The van der Waals surface area contributed by atoms with Crippen LogP contribution in [0.2, 0.25) is 0 Å². The highest BCUT2D eigenvalue weighted by Gasteiger charge is 2.30. The van der Waals surface area contributed by atoms with Gasteiger partial charge in [-0.3, -0.25) is 4.90 Å². The monoisotopic (exact) mass is 264 g/mol. The zero-order valence-electron chi connectivity index (χ0n) is 11.1. The summed E-state index contributed by atoms with van der Waals surface area (Å²) in [6.45, 7) is 3.64. The van der Waals surface area contributed by atoms with E-state index in [0.29, 0.717) is 0 Å². The quantitative estimate of drug-likeness (QED) is 0.878. The molecule has 0 spiro atoms. The van der Waals surface area contributed by atoms with Crippen molar-refractivity contribution in [3.63, 3.8) is 0 Å². The number of nitrogens with one attached hydrogen (secondary N) is 1. The first kappa shape index (κ1) is 12.6. The molecule has 1 saturated heterocycles. The van der Waals surface area contributed by atoms with Gasteiger partial charge in [0.05, 0.1) is 0 Å². The molecule has 0 radical (unpaired) electrons. The first-order valence-electron chi connectivity index (χ1n) is 7.41. The van der Waals surface area contributed by atoms with Gasteiger partial charge in [0.1, 0.15) is 0 Å². The number of nitrogens with zero attached hydrogens (tertiary/aromatic N) is 1. The van der Waals surface area contributed by atoms with Gasteiger partial charge in [0.2, 0.25) is 0 Å². The Kier molecular flexibility index (Phi) is 4.34. The van der Waals surface area contributed by atoms with Crippen molar-refractivity contribution in [3.8, 4) is 0 Å². The fourth-order valence-electron chi connectivity index (χ4n) is 2.92. The lowest BCUT2D eigenvalue weighted by atomic mass is 10.1. The zero-order chi connectivity index (χ0) is 12.2. The Morgan fingerprint density at radius 3 is 2.94 bits per heavy atom. The third-order valence-electron chi connectivity index (χ3n) is 4.12. The van der Waals surface area contributed by atoms with Crippen molar-refractivity contribution >= 4 is 11.3 Å². The van der Waals surface area contributed by atoms with Gasteiger partial charge in [-0.2, -0.15) is 0 Å². The molecule has 2 nitrogen and oxygen atoms in total. The summed E-state index contributed by atoms with van der Waals surface area (Å²) in [7, 11) is 0. The van der Waals surface area contributed by atoms with Gasteiger partial charge >= 0.3 is 0 Å². The SMILES string of the molecule is c1csc(CN(CC2CCCCCN2)C2CC2)c1. The Balaban J connectivity index is 1.56. The Morgan fingerprint density at radius 2 is 2.17 bits per heavy atom. The fourth-order valence-corrected chi connectivity index (χ4v) is 3.65. The highest BCUT2D eigenvalue weighted by atomic mass is 32.1. The van der Waals surface area contributed by atoms with E-state index in [-0.39, 0.29) is 0 Å². The molecule has 0 bridgehead atoms. The third kappa shape index (κ3) is 3.56. The molecule has 1 aromatic rings. The normalized spacial score (nSPS) is 25.3. The predicted octanol–water partition coefficient (Wildman–Crippen LogP) is 3.24. The maximum absolute atomic E-state index is 3.74. The van der Waals surface area contributed by atoms with Crippen LogP contribution < -0.4 is 5.32 Å². The van der Waals surface area contributed by atoms with Gasteiger partial charge in [0.25, 0.3) is 0 Å². The molecule has 3 rings (SSSR count). The van der Waals surface area contributed by atoms with Crippen LogP contribution in [0.15, 0.2) is 17.5 Å². The van der Waals surface area contributed by atoms with Gasteiger partial charge in [0, 0.05) is 30.1 Å². The van der Waals surface area contributed by atoms with Crippen molar-refractivity contribution in [2.24, 2.45) is 0 Å². The molecule has 1 N–H and O–H groups in total. The van der Waals surface area contributed by atoms with Crippen molar-refractivity contribution in [3.05, 3.63) is 22.4 Å². The Labute approximate surface area is 114 Å². The lowest BCUT2D eigenvalue weighted by Gasteiger charge is -2.27. The Hall–Kier alpha value is -0.380. The topological polar surface area (TPSA) is 15.3 Å². The molecule has 1 saturated carbocycles. The van der Waals surface area contributed by atoms with Gasteiger partial charge in [-0.25, -0.2) is 0 Å². The molecular weight excluding hydrogens is 240 g/mol. The van der Waals surface area contributed by atoms with E-state index in [0.717, 1.165) is 12.1 Å². The average Bonchev–Trinajstić information content (AvgIpc) is 3.14. The van der Waals surface area contributed by atoms with Gasteiger partial charge in [0.15, 0.2) is 0 Å². The molecule has 0 aromatic carbocycles. The summed E-state index contributed by atoms with van der Waals surface area (Å²) >= 11 is 1.90. The summed E-state index contributed by atoms with van der Waals surface area (Å²) < 4.78 is 0. The molecule has 3 heteroatoms.